The molecular weight excluding hydrogens is 458 g/mol. The van der Waals surface area contributed by atoms with Crippen LogP contribution in [0.4, 0.5) is 11.4 Å². The van der Waals surface area contributed by atoms with Crippen LogP contribution in [0.1, 0.15) is 18.5 Å². The summed E-state index contributed by atoms with van der Waals surface area (Å²) in [5.41, 5.74) is 1.17. The van der Waals surface area contributed by atoms with Crippen molar-refractivity contribution in [3.05, 3.63) is 83.4 Å². The SMILES string of the molecule is COc1cccc2c1O[C@]1(C)[C@@H](C(=O)Nc3ccc(Cl)cc3)[C@@H]2NC(=S)N1c1ccccc1. The molecule has 0 unspecified atom stereocenters. The molecule has 6 nitrogen and oxygen atoms in total. The van der Waals surface area contributed by atoms with E-state index in [0.29, 0.717) is 27.3 Å². The van der Waals surface area contributed by atoms with Gasteiger partial charge < -0.3 is 20.1 Å². The van der Waals surface area contributed by atoms with Crippen molar-refractivity contribution in [2.24, 2.45) is 5.92 Å². The molecule has 2 N–H and O–H groups in total. The summed E-state index contributed by atoms with van der Waals surface area (Å²) in [6.07, 6.45) is 0. The van der Waals surface area contributed by atoms with Crippen LogP contribution in [0.25, 0.3) is 0 Å². The van der Waals surface area contributed by atoms with Crippen LogP contribution < -0.4 is 25.0 Å². The number of carbonyl (C=O) groups excluding carboxylic acids is 1. The molecule has 0 radical (unpaired) electrons. The summed E-state index contributed by atoms with van der Waals surface area (Å²) in [4.78, 5) is 15.6. The standard InChI is InChI=1S/C25H22ClN3O3S/c1-25-20(23(30)27-16-13-11-15(26)12-14-16)21(18-9-6-10-19(31-2)22(18)32-25)28-24(33)29(25)17-7-4-3-5-8-17/h3-14,20-21H,1-2H3,(H,27,30)(H,28,33)/t20-,21-,25-/m1/s1. The first-order valence-corrected chi connectivity index (χ1v) is 11.3. The van der Waals surface area contributed by atoms with Crippen molar-refractivity contribution in [2.45, 2.75) is 18.7 Å². The topological polar surface area (TPSA) is 62.8 Å². The lowest BCUT2D eigenvalue weighted by Gasteiger charge is -2.56. The minimum absolute atomic E-state index is 0.200. The van der Waals surface area contributed by atoms with Crippen LogP contribution in [-0.4, -0.2) is 23.9 Å². The van der Waals surface area contributed by atoms with Gasteiger partial charge in [0.05, 0.1) is 13.2 Å². The van der Waals surface area contributed by atoms with Gasteiger partial charge in [0.2, 0.25) is 5.91 Å². The quantitative estimate of drug-likeness (QED) is 0.505. The second-order valence-corrected chi connectivity index (χ2v) is 8.93. The van der Waals surface area contributed by atoms with Crippen molar-refractivity contribution < 1.29 is 14.3 Å². The Labute approximate surface area is 202 Å². The average molecular weight is 480 g/mol. The largest absolute Gasteiger partial charge is 0.493 e. The number of fused-ring (bicyclic) bond motifs is 4. The second-order valence-electron chi connectivity index (χ2n) is 8.11. The van der Waals surface area contributed by atoms with Crippen LogP contribution in [0.15, 0.2) is 72.8 Å². The van der Waals surface area contributed by atoms with Crippen LogP contribution in [-0.2, 0) is 4.79 Å². The van der Waals surface area contributed by atoms with E-state index in [2.05, 4.69) is 10.6 Å². The molecule has 2 bridgehead atoms. The van der Waals surface area contributed by atoms with Crippen molar-refractivity contribution in [1.29, 1.82) is 0 Å². The highest BCUT2D eigenvalue weighted by Crippen LogP contribution is 2.52. The Bertz CT molecular complexity index is 1220. The number of thiocarbonyl (C=S) groups is 1. The van der Waals surface area contributed by atoms with Crippen molar-refractivity contribution in [3.8, 4) is 11.5 Å². The number of ether oxygens (including phenoxy) is 2. The number of methoxy groups -OCH3 is 1. The maximum absolute atomic E-state index is 13.8. The fraction of sp³-hybridized carbons (Fsp3) is 0.200. The van der Waals surface area contributed by atoms with Gasteiger partial charge in [-0.15, -0.1) is 0 Å². The molecular formula is C25H22ClN3O3S. The molecule has 3 aromatic rings. The molecule has 2 aliphatic heterocycles. The van der Waals surface area contributed by atoms with Crippen LogP contribution in [0.3, 0.4) is 0 Å². The van der Waals surface area contributed by atoms with Gasteiger partial charge in [0.25, 0.3) is 0 Å². The van der Waals surface area contributed by atoms with E-state index in [1.54, 1.807) is 31.4 Å². The molecule has 1 fully saturated rings. The van der Waals surface area contributed by atoms with Gasteiger partial charge in [-0.3, -0.25) is 9.69 Å². The van der Waals surface area contributed by atoms with E-state index < -0.39 is 17.7 Å². The smallest absolute Gasteiger partial charge is 0.236 e. The predicted molar refractivity (Wildman–Crippen MR) is 133 cm³/mol. The van der Waals surface area contributed by atoms with E-state index in [4.69, 9.17) is 33.3 Å². The highest BCUT2D eigenvalue weighted by Gasteiger charge is 2.59. The van der Waals surface area contributed by atoms with Gasteiger partial charge in [0.1, 0.15) is 5.92 Å². The molecule has 8 heteroatoms. The van der Waals surface area contributed by atoms with Crippen LogP contribution in [0.5, 0.6) is 11.5 Å². The number of rotatable bonds is 4. The summed E-state index contributed by atoms with van der Waals surface area (Å²) in [6.45, 7) is 1.89. The van der Waals surface area contributed by atoms with E-state index in [-0.39, 0.29) is 5.91 Å². The number of amides is 1. The Balaban J connectivity index is 1.64. The molecule has 5 rings (SSSR count). The minimum atomic E-state index is -1.12. The van der Waals surface area contributed by atoms with Gasteiger partial charge in [-0.05, 0) is 61.6 Å². The number of para-hydroxylation sites is 2. The number of nitrogens with one attached hydrogen (secondary N) is 2. The molecule has 3 aromatic carbocycles. The van der Waals surface area contributed by atoms with Gasteiger partial charge in [-0.2, -0.15) is 0 Å². The third kappa shape index (κ3) is 3.57. The zero-order valence-electron chi connectivity index (χ0n) is 18.0. The summed E-state index contributed by atoms with van der Waals surface area (Å²) in [5, 5.41) is 7.50. The van der Waals surface area contributed by atoms with E-state index in [1.165, 1.54) is 0 Å². The van der Waals surface area contributed by atoms with Crippen LogP contribution in [0, 0.1) is 5.92 Å². The number of carbonyl (C=O) groups is 1. The van der Waals surface area contributed by atoms with Gasteiger partial charge in [0.15, 0.2) is 22.3 Å². The maximum atomic E-state index is 13.8. The summed E-state index contributed by atoms with van der Waals surface area (Å²) < 4.78 is 12.2. The fourth-order valence-corrected chi connectivity index (χ4v) is 5.19. The Morgan fingerprint density at radius 3 is 2.55 bits per heavy atom. The highest BCUT2D eigenvalue weighted by molar-refractivity contribution is 7.80. The summed E-state index contributed by atoms with van der Waals surface area (Å²) in [5.74, 6) is 0.357. The Hall–Kier alpha value is -3.29. The number of halogens is 1. The molecule has 0 aliphatic carbocycles. The first-order chi connectivity index (χ1) is 15.9. The molecule has 2 aliphatic rings. The lowest BCUT2D eigenvalue weighted by atomic mass is 9.78. The number of anilines is 2. The second kappa shape index (κ2) is 8.24. The first-order valence-electron chi connectivity index (χ1n) is 10.5. The number of hydrogen-bond donors (Lipinski definition) is 2. The molecule has 1 amide bonds. The van der Waals surface area contributed by atoms with E-state index in [9.17, 15) is 4.79 Å². The summed E-state index contributed by atoms with van der Waals surface area (Å²) >= 11 is 11.8. The normalized spacial score (nSPS) is 23.1. The fourth-order valence-electron chi connectivity index (χ4n) is 4.65. The predicted octanol–water partition coefficient (Wildman–Crippen LogP) is 5.15. The Morgan fingerprint density at radius 1 is 1.12 bits per heavy atom. The van der Waals surface area contributed by atoms with Crippen LogP contribution in [0.2, 0.25) is 5.02 Å². The molecule has 1 saturated heterocycles. The first kappa shape index (κ1) is 21.6. The Kier molecular flexibility index (Phi) is 5.38. The van der Waals surface area contributed by atoms with Gasteiger partial charge in [-0.25, -0.2) is 0 Å². The van der Waals surface area contributed by atoms with Crippen molar-refractivity contribution >= 4 is 46.2 Å². The number of hydrogen-bond acceptors (Lipinski definition) is 4. The monoisotopic (exact) mass is 479 g/mol. The molecule has 0 spiro atoms. The van der Waals surface area contributed by atoms with E-state index in [1.807, 2.05) is 60.4 Å². The zero-order valence-corrected chi connectivity index (χ0v) is 19.6. The minimum Gasteiger partial charge on any atom is -0.493 e. The van der Waals surface area contributed by atoms with E-state index in [0.717, 1.165) is 11.3 Å². The molecule has 168 valence electrons. The van der Waals surface area contributed by atoms with Crippen molar-refractivity contribution in [3.63, 3.8) is 0 Å². The molecule has 0 saturated carbocycles. The molecule has 33 heavy (non-hydrogen) atoms. The summed E-state index contributed by atoms with van der Waals surface area (Å²) in [6, 6.07) is 21.9. The number of nitrogens with zero attached hydrogens (tertiary/aromatic N) is 1. The molecule has 0 aromatic heterocycles. The average Bonchev–Trinajstić information content (AvgIpc) is 2.80. The van der Waals surface area contributed by atoms with Crippen molar-refractivity contribution in [2.75, 3.05) is 17.3 Å². The lowest BCUT2D eigenvalue weighted by molar-refractivity contribution is -0.130. The maximum Gasteiger partial charge on any atom is 0.236 e. The zero-order chi connectivity index (χ0) is 23.2. The van der Waals surface area contributed by atoms with Gasteiger partial charge in [0, 0.05) is 22.0 Å². The van der Waals surface area contributed by atoms with Crippen LogP contribution >= 0.6 is 23.8 Å². The van der Waals surface area contributed by atoms with Crippen molar-refractivity contribution in [1.82, 2.24) is 5.32 Å². The lowest BCUT2D eigenvalue weighted by Crippen LogP contribution is -2.72. The number of benzene rings is 3. The third-order valence-corrected chi connectivity index (χ3v) is 6.67. The molecule has 3 atom stereocenters. The highest BCUT2D eigenvalue weighted by atomic mass is 35.5. The molecule has 2 heterocycles. The summed E-state index contributed by atoms with van der Waals surface area (Å²) in [7, 11) is 1.60. The van der Waals surface area contributed by atoms with E-state index >= 15 is 0 Å². The third-order valence-electron chi connectivity index (χ3n) is 6.12. The van der Waals surface area contributed by atoms with Gasteiger partial charge >= 0.3 is 0 Å². The Morgan fingerprint density at radius 2 is 1.85 bits per heavy atom. The van der Waals surface area contributed by atoms with Gasteiger partial charge in [-0.1, -0.05) is 41.9 Å².